The summed E-state index contributed by atoms with van der Waals surface area (Å²) in [6.07, 6.45) is 0. The molecule has 0 heterocycles. The Balaban J connectivity index is 2.53. The Morgan fingerprint density at radius 2 is 1.70 bits per heavy atom. The first-order chi connectivity index (χ1) is 9.54. The molecular formula is C14H12Br2N2O2. The topological polar surface area (TPSA) is 46.4 Å². The van der Waals surface area contributed by atoms with E-state index >= 15 is 0 Å². The smallest absolute Gasteiger partial charge is 0.271 e. The highest BCUT2D eigenvalue weighted by molar-refractivity contribution is 9.11. The van der Waals surface area contributed by atoms with E-state index < -0.39 is 4.92 Å². The predicted octanol–water partition coefficient (Wildman–Crippen LogP) is 5.28. The maximum atomic E-state index is 10.9. The SMILES string of the molecule is CCN(c1ccccc1)c1c(Br)cc([N+](=O)[O-])cc1Br. The van der Waals surface area contributed by atoms with Crippen LogP contribution in [0.1, 0.15) is 6.92 Å². The molecule has 0 N–H and O–H groups in total. The highest BCUT2D eigenvalue weighted by Crippen LogP contribution is 2.40. The highest BCUT2D eigenvalue weighted by atomic mass is 79.9. The van der Waals surface area contributed by atoms with Gasteiger partial charge >= 0.3 is 0 Å². The number of para-hydroxylation sites is 1. The minimum Gasteiger partial charge on any atom is -0.340 e. The molecule has 0 amide bonds. The molecule has 0 fully saturated rings. The predicted molar refractivity (Wildman–Crippen MR) is 87.6 cm³/mol. The molecule has 0 bridgehead atoms. The molecule has 0 aliphatic carbocycles. The van der Waals surface area contributed by atoms with Gasteiger partial charge < -0.3 is 4.90 Å². The fraction of sp³-hybridized carbons (Fsp3) is 0.143. The van der Waals surface area contributed by atoms with Crippen LogP contribution in [-0.2, 0) is 0 Å². The quantitative estimate of drug-likeness (QED) is 0.519. The number of hydrogen-bond acceptors (Lipinski definition) is 3. The lowest BCUT2D eigenvalue weighted by atomic mass is 10.2. The number of nitrogens with zero attached hydrogens (tertiary/aromatic N) is 2. The first kappa shape index (κ1) is 15.0. The van der Waals surface area contributed by atoms with E-state index in [1.807, 2.05) is 37.3 Å². The number of anilines is 2. The zero-order chi connectivity index (χ0) is 14.7. The molecule has 2 aromatic carbocycles. The highest BCUT2D eigenvalue weighted by Gasteiger charge is 2.19. The van der Waals surface area contributed by atoms with Gasteiger partial charge in [0.05, 0.1) is 10.6 Å². The Bertz CT molecular complexity index is 609. The zero-order valence-corrected chi connectivity index (χ0v) is 13.9. The van der Waals surface area contributed by atoms with Crippen molar-refractivity contribution >= 4 is 48.9 Å². The monoisotopic (exact) mass is 398 g/mol. The van der Waals surface area contributed by atoms with Crippen molar-refractivity contribution in [2.45, 2.75) is 6.92 Å². The van der Waals surface area contributed by atoms with E-state index in [2.05, 4.69) is 36.8 Å². The van der Waals surface area contributed by atoms with E-state index in [0.717, 1.165) is 17.9 Å². The van der Waals surface area contributed by atoms with Crippen molar-refractivity contribution in [3.63, 3.8) is 0 Å². The second-order valence-corrected chi connectivity index (χ2v) is 5.80. The van der Waals surface area contributed by atoms with Crippen molar-refractivity contribution in [1.29, 1.82) is 0 Å². The normalized spacial score (nSPS) is 10.3. The van der Waals surface area contributed by atoms with E-state index in [-0.39, 0.29) is 5.69 Å². The molecule has 0 aliphatic heterocycles. The fourth-order valence-electron chi connectivity index (χ4n) is 1.99. The van der Waals surface area contributed by atoms with Crippen molar-refractivity contribution in [1.82, 2.24) is 0 Å². The molecule has 6 heteroatoms. The fourth-order valence-corrected chi connectivity index (χ4v) is 3.58. The molecule has 4 nitrogen and oxygen atoms in total. The van der Waals surface area contributed by atoms with Gasteiger partial charge in [0.1, 0.15) is 0 Å². The van der Waals surface area contributed by atoms with Crippen LogP contribution >= 0.6 is 31.9 Å². The van der Waals surface area contributed by atoms with E-state index in [9.17, 15) is 10.1 Å². The first-order valence-electron chi connectivity index (χ1n) is 6.00. The van der Waals surface area contributed by atoms with Gasteiger partial charge in [0.25, 0.3) is 5.69 Å². The molecule has 0 radical (unpaired) electrons. The maximum Gasteiger partial charge on any atom is 0.271 e. The second-order valence-electron chi connectivity index (χ2n) is 4.09. The molecule has 0 atom stereocenters. The van der Waals surface area contributed by atoms with Crippen LogP contribution in [0.2, 0.25) is 0 Å². The van der Waals surface area contributed by atoms with Gasteiger partial charge in [-0.1, -0.05) is 18.2 Å². The molecule has 2 rings (SSSR count). The van der Waals surface area contributed by atoms with Gasteiger partial charge in [0.2, 0.25) is 0 Å². The number of hydrogen-bond donors (Lipinski definition) is 0. The Morgan fingerprint density at radius 1 is 1.15 bits per heavy atom. The lowest BCUT2D eigenvalue weighted by Gasteiger charge is -2.25. The number of non-ortho nitro benzene ring substituents is 1. The maximum absolute atomic E-state index is 10.9. The first-order valence-corrected chi connectivity index (χ1v) is 7.59. The average Bonchev–Trinajstić information content (AvgIpc) is 2.43. The summed E-state index contributed by atoms with van der Waals surface area (Å²) in [4.78, 5) is 12.6. The van der Waals surface area contributed by atoms with Gasteiger partial charge in [-0.25, -0.2) is 0 Å². The van der Waals surface area contributed by atoms with E-state index in [1.54, 1.807) is 0 Å². The number of nitro benzene ring substituents is 1. The van der Waals surface area contributed by atoms with Crippen LogP contribution in [0.4, 0.5) is 17.1 Å². The summed E-state index contributed by atoms with van der Waals surface area (Å²) >= 11 is 6.86. The number of benzene rings is 2. The Hall–Kier alpha value is -1.40. The van der Waals surface area contributed by atoms with Crippen LogP contribution < -0.4 is 4.90 Å². The molecule has 104 valence electrons. The molecule has 0 spiro atoms. The Kier molecular flexibility index (Phi) is 4.77. The third kappa shape index (κ3) is 3.02. The van der Waals surface area contributed by atoms with Gasteiger partial charge in [0.15, 0.2) is 0 Å². The van der Waals surface area contributed by atoms with Crippen LogP contribution in [0.15, 0.2) is 51.4 Å². The van der Waals surface area contributed by atoms with Crippen LogP contribution in [0.3, 0.4) is 0 Å². The summed E-state index contributed by atoms with van der Waals surface area (Å²) in [6.45, 7) is 2.78. The van der Waals surface area contributed by atoms with Crippen LogP contribution in [0.25, 0.3) is 0 Å². The summed E-state index contributed by atoms with van der Waals surface area (Å²) in [5.41, 5.74) is 1.96. The van der Waals surface area contributed by atoms with Crippen molar-refractivity contribution in [3.05, 3.63) is 61.5 Å². The summed E-state index contributed by atoms with van der Waals surface area (Å²) in [6, 6.07) is 12.9. The van der Waals surface area contributed by atoms with Gasteiger partial charge in [-0.15, -0.1) is 0 Å². The molecule has 20 heavy (non-hydrogen) atoms. The second kappa shape index (κ2) is 6.37. The van der Waals surface area contributed by atoms with Gasteiger partial charge in [-0.3, -0.25) is 10.1 Å². The largest absolute Gasteiger partial charge is 0.340 e. The van der Waals surface area contributed by atoms with Crippen molar-refractivity contribution < 1.29 is 4.92 Å². The van der Waals surface area contributed by atoms with Crippen LogP contribution in [-0.4, -0.2) is 11.5 Å². The number of nitro groups is 1. The van der Waals surface area contributed by atoms with Crippen molar-refractivity contribution in [2.75, 3.05) is 11.4 Å². The third-order valence-corrected chi connectivity index (χ3v) is 4.08. The number of rotatable bonds is 4. The molecule has 0 saturated carbocycles. The average molecular weight is 400 g/mol. The molecule has 0 saturated heterocycles. The van der Waals surface area contributed by atoms with Crippen molar-refractivity contribution in [3.8, 4) is 0 Å². The van der Waals surface area contributed by atoms with Gasteiger partial charge in [-0.05, 0) is 50.9 Å². The van der Waals surface area contributed by atoms with Crippen LogP contribution in [0.5, 0.6) is 0 Å². The van der Waals surface area contributed by atoms with Gasteiger partial charge in [0, 0.05) is 33.3 Å². The van der Waals surface area contributed by atoms with Gasteiger partial charge in [-0.2, -0.15) is 0 Å². The van der Waals surface area contributed by atoms with Crippen LogP contribution in [0, 0.1) is 10.1 Å². The van der Waals surface area contributed by atoms with E-state index in [4.69, 9.17) is 0 Å². The molecule has 2 aromatic rings. The summed E-state index contributed by atoms with van der Waals surface area (Å²) in [5, 5.41) is 10.9. The molecular weight excluding hydrogens is 388 g/mol. The Morgan fingerprint density at radius 3 is 2.15 bits per heavy atom. The minimum absolute atomic E-state index is 0.0524. The lowest BCUT2D eigenvalue weighted by Crippen LogP contribution is -2.17. The molecule has 0 aliphatic rings. The summed E-state index contributed by atoms with van der Waals surface area (Å²) in [7, 11) is 0. The molecule has 0 unspecified atom stereocenters. The molecule has 0 aromatic heterocycles. The summed E-state index contributed by atoms with van der Waals surface area (Å²) < 4.78 is 1.37. The Labute approximate surface area is 133 Å². The van der Waals surface area contributed by atoms with E-state index in [0.29, 0.717) is 8.95 Å². The van der Waals surface area contributed by atoms with E-state index in [1.165, 1.54) is 12.1 Å². The summed E-state index contributed by atoms with van der Waals surface area (Å²) in [5.74, 6) is 0. The lowest BCUT2D eigenvalue weighted by molar-refractivity contribution is -0.385. The minimum atomic E-state index is -0.405. The third-order valence-electron chi connectivity index (χ3n) is 2.87. The standard InChI is InChI=1S/C14H12Br2N2O2/c1-2-17(10-6-4-3-5-7-10)14-12(15)8-11(18(19)20)9-13(14)16/h3-9H,2H2,1H3. The number of halogens is 2. The van der Waals surface area contributed by atoms with Crippen molar-refractivity contribution in [2.24, 2.45) is 0 Å². The zero-order valence-electron chi connectivity index (χ0n) is 10.7.